The van der Waals surface area contributed by atoms with E-state index >= 15 is 0 Å². The van der Waals surface area contributed by atoms with Gasteiger partial charge in [-0.05, 0) is 72.8 Å². The Bertz CT molecular complexity index is 1790. The van der Waals surface area contributed by atoms with Gasteiger partial charge in [0.15, 0.2) is 23.2 Å². The molecule has 11 nitrogen and oxygen atoms in total. The molecule has 244 valence electrons. The number of hydrogen-bond donors (Lipinski definition) is 1. The van der Waals surface area contributed by atoms with Crippen LogP contribution in [-0.2, 0) is 14.3 Å². The summed E-state index contributed by atoms with van der Waals surface area (Å²) in [6, 6.07) is 6.66. The third kappa shape index (κ3) is 6.43. The summed E-state index contributed by atoms with van der Waals surface area (Å²) in [4.78, 5) is 62.1. The topological polar surface area (TPSA) is 141 Å². The van der Waals surface area contributed by atoms with Crippen LogP contribution in [0, 0.1) is 5.92 Å². The van der Waals surface area contributed by atoms with Gasteiger partial charge < -0.3 is 28.8 Å². The van der Waals surface area contributed by atoms with Crippen LogP contribution in [0.3, 0.4) is 0 Å². The van der Waals surface area contributed by atoms with Crippen molar-refractivity contribution in [3.63, 3.8) is 0 Å². The van der Waals surface area contributed by atoms with Crippen LogP contribution in [0.1, 0.15) is 59.4 Å². The molecule has 6 rings (SSSR count). The van der Waals surface area contributed by atoms with Gasteiger partial charge in [0.25, 0.3) is 0 Å². The van der Waals surface area contributed by atoms with Crippen LogP contribution >= 0.6 is 15.9 Å². The number of para-hydroxylation sites is 1. The number of halogens is 5. The Hall–Kier alpha value is -4.47. The quantitative estimate of drug-likeness (QED) is 0.172. The van der Waals surface area contributed by atoms with Crippen molar-refractivity contribution in [3.8, 4) is 11.5 Å². The van der Waals surface area contributed by atoms with Gasteiger partial charge in [-0.25, -0.2) is 4.79 Å². The van der Waals surface area contributed by atoms with E-state index in [1.54, 1.807) is 11.5 Å². The summed E-state index contributed by atoms with van der Waals surface area (Å²) >= 11 is 3.11. The minimum atomic E-state index is -3.13. The van der Waals surface area contributed by atoms with Crippen molar-refractivity contribution in [2.45, 2.75) is 57.9 Å². The SMILES string of the molecule is CCOC(=O)C1C(=O)c2ccc(Br)c(OC(F)F)c2N(C2CC2)C1=O.O=C(O)c1cn(C2CC2)c2c(OC(F)F)cccc2c1=O. The Balaban J connectivity index is 0.000000184. The lowest BCUT2D eigenvalue weighted by Gasteiger charge is -2.34. The molecule has 2 heterocycles. The summed E-state index contributed by atoms with van der Waals surface area (Å²) in [5, 5.41) is 9.17. The fraction of sp³-hybridized carbons (Fsp3) is 0.367. The molecule has 16 heteroatoms. The molecule has 2 fully saturated rings. The molecule has 1 amide bonds. The van der Waals surface area contributed by atoms with Crippen molar-refractivity contribution in [3.05, 3.63) is 62.4 Å². The molecular weight excluding hydrogens is 688 g/mol. The Labute approximate surface area is 265 Å². The maximum Gasteiger partial charge on any atom is 0.387 e. The summed E-state index contributed by atoms with van der Waals surface area (Å²) < 4.78 is 66.2. The summed E-state index contributed by atoms with van der Waals surface area (Å²) in [6.45, 7) is -4.56. The van der Waals surface area contributed by atoms with Gasteiger partial charge in [-0.2, -0.15) is 17.6 Å². The van der Waals surface area contributed by atoms with Crippen molar-refractivity contribution in [1.82, 2.24) is 4.57 Å². The number of rotatable bonds is 9. The third-order valence-corrected chi connectivity index (χ3v) is 8.00. The molecule has 0 spiro atoms. The second-order valence-corrected chi connectivity index (χ2v) is 11.3. The highest BCUT2D eigenvalue weighted by Gasteiger charge is 2.50. The van der Waals surface area contributed by atoms with Gasteiger partial charge in [0.1, 0.15) is 5.56 Å². The number of ketones is 1. The molecule has 1 unspecified atom stereocenters. The van der Waals surface area contributed by atoms with Gasteiger partial charge in [-0.15, -0.1) is 0 Å². The highest BCUT2D eigenvalue weighted by molar-refractivity contribution is 9.10. The van der Waals surface area contributed by atoms with Crippen molar-refractivity contribution >= 4 is 56.1 Å². The van der Waals surface area contributed by atoms with Crippen LogP contribution in [0.15, 0.2) is 45.8 Å². The van der Waals surface area contributed by atoms with Crippen LogP contribution in [-0.4, -0.2) is 59.2 Å². The largest absolute Gasteiger partial charge is 0.477 e. The van der Waals surface area contributed by atoms with Gasteiger partial charge in [-0.1, -0.05) is 6.07 Å². The van der Waals surface area contributed by atoms with E-state index in [1.165, 1.54) is 41.4 Å². The number of alkyl halides is 4. The molecule has 2 saturated carbocycles. The first kappa shape index (κ1) is 32.9. The molecule has 0 bridgehead atoms. The van der Waals surface area contributed by atoms with E-state index < -0.39 is 48.2 Å². The molecule has 46 heavy (non-hydrogen) atoms. The van der Waals surface area contributed by atoms with Crippen LogP contribution in [0.5, 0.6) is 11.5 Å². The van der Waals surface area contributed by atoms with Crippen LogP contribution in [0.25, 0.3) is 10.9 Å². The van der Waals surface area contributed by atoms with E-state index in [-0.39, 0.29) is 62.4 Å². The average Bonchev–Trinajstić information content (AvgIpc) is 3.90. The lowest BCUT2D eigenvalue weighted by atomic mass is 9.89. The number of carboxylic acid groups (broad SMARTS) is 1. The monoisotopic (exact) mass is 712 g/mol. The van der Waals surface area contributed by atoms with Crippen molar-refractivity contribution < 1.29 is 56.1 Å². The second kappa shape index (κ2) is 13.1. The first-order valence-corrected chi connectivity index (χ1v) is 14.8. The van der Waals surface area contributed by atoms with Crippen molar-refractivity contribution in [2.24, 2.45) is 5.92 Å². The maximum atomic E-state index is 12.8. The number of Topliss-reactive ketones (excluding diaryl/α,β-unsaturated/α-hetero) is 1. The Morgan fingerprint density at radius 2 is 1.63 bits per heavy atom. The molecule has 1 N–H and O–H groups in total. The molecule has 3 aromatic rings. The van der Waals surface area contributed by atoms with Crippen LogP contribution in [0.2, 0.25) is 0 Å². The first-order valence-electron chi connectivity index (χ1n) is 14.0. The number of benzene rings is 2. The fourth-order valence-corrected chi connectivity index (χ4v) is 5.61. The number of pyridine rings is 1. The summed E-state index contributed by atoms with van der Waals surface area (Å²) in [5.74, 6) is -5.84. The molecular formula is C30H25BrF4N2O9. The minimum absolute atomic E-state index is 0.00798. The Morgan fingerprint density at radius 1 is 0.978 bits per heavy atom. The standard InChI is InChI=1S/C16H14BrF2NO5.C14H11F2NO4/c1-2-24-15(23)10-12(21)8-5-6-9(17)13(25-16(18)19)11(8)20(14(10)22)7-3-4-7;15-14(16)21-10-3-1-2-8-11(10)17(7-4-5-7)6-9(12(8)18)13(19)20/h5-7,10,16H,2-4H2,1H3;1-3,6-7,14H,4-5H2,(H,19,20). The van der Waals surface area contributed by atoms with E-state index in [1.807, 2.05) is 0 Å². The molecule has 1 aliphatic heterocycles. The summed E-state index contributed by atoms with van der Waals surface area (Å²) in [7, 11) is 0. The van der Waals surface area contributed by atoms with Gasteiger partial charge >= 0.3 is 25.2 Å². The number of amides is 1. The molecule has 0 saturated heterocycles. The zero-order chi connectivity index (χ0) is 33.4. The number of carboxylic acids is 1. The number of carbonyl (C=O) groups excluding carboxylic acids is 3. The smallest absolute Gasteiger partial charge is 0.387 e. The number of aromatic carboxylic acids is 1. The van der Waals surface area contributed by atoms with Gasteiger partial charge in [0, 0.05) is 23.8 Å². The number of fused-ring (bicyclic) bond motifs is 2. The van der Waals surface area contributed by atoms with E-state index in [2.05, 4.69) is 25.4 Å². The van der Waals surface area contributed by atoms with E-state index in [4.69, 9.17) is 9.84 Å². The minimum Gasteiger partial charge on any atom is -0.477 e. The zero-order valence-corrected chi connectivity index (χ0v) is 25.5. The maximum absolute atomic E-state index is 12.8. The van der Waals surface area contributed by atoms with Gasteiger partial charge in [0.05, 0.1) is 27.7 Å². The lowest BCUT2D eigenvalue weighted by molar-refractivity contribution is -0.149. The van der Waals surface area contributed by atoms with E-state index in [0.29, 0.717) is 12.8 Å². The van der Waals surface area contributed by atoms with Crippen molar-refractivity contribution in [1.29, 1.82) is 0 Å². The number of anilines is 1. The molecule has 2 aromatic carbocycles. The highest BCUT2D eigenvalue weighted by Crippen LogP contribution is 2.48. The molecule has 0 radical (unpaired) electrons. The molecule has 2 aliphatic carbocycles. The number of nitrogens with zero attached hydrogens (tertiary/aromatic N) is 2. The molecule has 1 aromatic heterocycles. The Morgan fingerprint density at radius 3 is 2.20 bits per heavy atom. The summed E-state index contributed by atoms with van der Waals surface area (Å²) in [5.41, 5.74) is -0.885. The molecule has 1 atom stereocenters. The number of carbonyl (C=O) groups is 4. The third-order valence-electron chi connectivity index (χ3n) is 7.38. The normalized spacial score (nSPS) is 17.5. The fourth-order valence-electron chi connectivity index (χ4n) is 5.19. The lowest BCUT2D eigenvalue weighted by Crippen LogP contribution is -2.49. The number of hydrogen-bond acceptors (Lipinski definition) is 8. The predicted molar refractivity (Wildman–Crippen MR) is 156 cm³/mol. The van der Waals surface area contributed by atoms with Gasteiger partial charge in [0.2, 0.25) is 11.3 Å². The molecule has 3 aliphatic rings. The zero-order valence-electron chi connectivity index (χ0n) is 23.9. The highest BCUT2D eigenvalue weighted by atomic mass is 79.9. The van der Waals surface area contributed by atoms with E-state index in [0.717, 1.165) is 12.8 Å². The summed E-state index contributed by atoms with van der Waals surface area (Å²) in [6.07, 6.45) is 4.12. The van der Waals surface area contributed by atoms with Crippen LogP contribution < -0.4 is 19.8 Å². The average molecular weight is 713 g/mol. The van der Waals surface area contributed by atoms with Crippen molar-refractivity contribution in [2.75, 3.05) is 11.5 Å². The number of aromatic nitrogens is 1. The van der Waals surface area contributed by atoms with Gasteiger partial charge in [-0.3, -0.25) is 19.2 Å². The predicted octanol–water partition coefficient (Wildman–Crippen LogP) is 5.56. The Kier molecular flexibility index (Phi) is 9.37. The number of ether oxygens (including phenoxy) is 3. The first-order chi connectivity index (χ1) is 21.8. The number of esters is 1. The van der Waals surface area contributed by atoms with E-state index in [9.17, 15) is 41.5 Å². The second-order valence-electron chi connectivity index (χ2n) is 10.5. The van der Waals surface area contributed by atoms with Crippen LogP contribution in [0.4, 0.5) is 23.2 Å².